The van der Waals surface area contributed by atoms with Gasteiger partial charge in [-0.2, -0.15) is 0 Å². The lowest BCUT2D eigenvalue weighted by atomic mass is 9.84. The van der Waals surface area contributed by atoms with Crippen LogP contribution in [0.2, 0.25) is 0 Å². The van der Waals surface area contributed by atoms with E-state index in [9.17, 15) is 9.59 Å². The molecule has 2 aromatic rings. The molecule has 2 aliphatic rings. The predicted molar refractivity (Wildman–Crippen MR) is 100 cm³/mol. The summed E-state index contributed by atoms with van der Waals surface area (Å²) in [4.78, 5) is 27.5. The predicted octanol–water partition coefficient (Wildman–Crippen LogP) is 2.53. The second-order valence-corrected chi connectivity index (χ2v) is 6.93. The van der Waals surface area contributed by atoms with Gasteiger partial charge in [0.25, 0.3) is 5.91 Å². The Bertz CT molecular complexity index is 871. The Morgan fingerprint density at radius 1 is 1.15 bits per heavy atom. The van der Waals surface area contributed by atoms with Crippen molar-refractivity contribution >= 4 is 29.2 Å². The summed E-state index contributed by atoms with van der Waals surface area (Å²) in [6.45, 7) is 0. The van der Waals surface area contributed by atoms with Crippen LogP contribution >= 0.6 is 12.2 Å². The summed E-state index contributed by atoms with van der Waals surface area (Å²) in [7, 11) is 1.38. The third kappa shape index (κ3) is 2.25. The smallest absolute Gasteiger partial charge is 0.311 e. The van der Waals surface area contributed by atoms with E-state index >= 15 is 0 Å². The summed E-state index contributed by atoms with van der Waals surface area (Å²) in [5, 5.41) is 3.15. The molecule has 1 N–H and O–H groups in total. The molecule has 132 valence electrons. The average Bonchev–Trinajstić information content (AvgIpc) is 3.17. The molecular formula is C20H18N2O3S. The normalized spacial score (nSPS) is 27.2. The molecule has 2 fully saturated rings. The Kier molecular flexibility index (Phi) is 4.00. The van der Waals surface area contributed by atoms with Gasteiger partial charge in [-0.3, -0.25) is 9.59 Å². The van der Waals surface area contributed by atoms with E-state index in [2.05, 4.69) is 5.32 Å². The highest BCUT2D eigenvalue weighted by atomic mass is 32.1. The van der Waals surface area contributed by atoms with Crippen LogP contribution in [0.5, 0.6) is 0 Å². The van der Waals surface area contributed by atoms with Crippen molar-refractivity contribution in [1.29, 1.82) is 0 Å². The van der Waals surface area contributed by atoms with Gasteiger partial charge in [0.2, 0.25) is 0 Å². The fourth-order valence-electron chi connectivity index (χ4n) is 4.21. The summed E-state index contributed by atoms with van der Waals surface area (Å²) in [5.74, 6) is -1.02. The third-order valence-electron chi connectivity index (χ3n) is 5.30. The molecule has 2 aromatic carbocycles. The molecule has 2 saturated heterocycles. The second-order valence-electron chi connectivity index (χ2n) is 6.54. The maximum absolute atomic E-state index is 13.0. The summed E-state index contributed by atoms with van der Waals surface area (Å²) in [5.41, 5.74) is 0.752. The highest BCUT2D eigenvalue weighted by molar-refractivity contribution is 7.80. The van der Waals surface area contributed by atoms with E-state index < -0.39 is 11.5 Å². The Hall–Kier alpha value is -2.73. The molecule has 4 rings (SSSR count). The van der Waals surface area contributed by atoms with E-state index in [1.807, 2.05) is 65.6 Å². The van der Waals surface area contributed by atoms with E-state index in [0.717, 1.165) is 11.1 Å². The Morgan fingerprint density at radius 2 is 1.77 bits per heavy atom. The molecule has 0 spiro atoms. The summed E-state index contributed by atoms with van der Waals surface area (Å²) in [6, 6.07) is 18.8. The molecule has 0 aliphatic carbocycles. The van der Waals surface area contributed by atoms with Crippen LogP contribution in [0.1, 0.15) is 23.6 Å². The Balaban J connectivity index is 1.92. The van der Waals surface area contributed by atoms with Crippen LogP contribution in [-0.4, -0.2) is 29.0 Å². The molecule has 3 atom stereocenters. The van der Waals surface area contributed by atoms with Gasteiger partial charge in [0.1, 0.15) is 5.54 Å². The van der Waals surface area contributed by atoms with Crippen LogP contribution in [0.3, 0.4) is 0 Å². The van der Waals surface area contributed by atoms with E-state index in [1.165, 1.54) is 7.11 Å². The van der Waals surface area contributed by atoms with Crippen LogP contribution in [-0.2, 0) is 19.9 Å². The number of fused-ring (bicyclic) bond motifs is 1. The molecule has 0 aromatic heterocycles. The minimum absolute atomic E-state index is 0.193. The van der Waals surface area contributed by atoms with E-state index in [0.29, 0.717) is 11.5 Å². The minimum Gasteiger partial charge on any atom is -0.469 e. The number of benzene rings is 2. The van der Waals surface area contributed by atoms with Crippen molar-refractivity contribution in [3.05, 3.63) is 71.8 Å². The van der Waals surface area contributed by atoms with Gasteiger partial charge in [-0.25, -0.2) is 0 Å². The molecule has 6 heteroatoms. The molecule has 0 saturated carbocycles. The highest BCUT2D eigenvalue weighted by Crippen LogP contribution is 2.54. The monoisotopic (exact) mass is 366 g/mol. The number of nitrogens with zero attached hydrogens (tertiary/aromatic N) is 1. The first-order valence-corrected chi connectivity index (χ1v) is 8.83. The first-order chi connectivity index (χ1) is 12.6. The van der Waals surface area contributed by atoms with Crippen molar-refractivity contribution in [2.24, 2.45) is 5.92 Å². The van der Waals surface area contributed by atoms with Crippen molar-refractivity contribution < 1.29 is 14.3 Å². The number of amides is 1. The quantitative estimate of drug-likeness (QED) is 0.668. The van der Waals surface area contributed by atoms with Crippen LogP contribution in [0.4, 0.5) is 0 Å². The lowest BCUT2D eigenvalue weighted by Gasteiger charge is -2.34. The summed E-state index contributed by atoms with van der Waals surface area (Å²) in [6.07, 6.45) is 0.315. The van der Waals surface area contributed by atoms with Gasteiger partial charge in [-0.15, -0.1) is 0 Å². The van der Waals surface area contributed by atoms with Gasteiger partial charge in [-0.05, 0) is 29.8 Å². The first-order valence-electron chi connectivity index (χ1n) is 8.42. The maximum Gasteiger partial charge on any atom is 0.311 e. The first kappa shape index (κ1) is 16.7. The lowest BCUT2D eigenvalue weighted by molar-refractivity contribution is -0.146. The third-order valence-corrected chi connectivity index (χ3v) is 5.60. The zero-order valence-corrected chi connectivity index (χ0v) is 15.0. The SMILES string of the molecule is COC(=O)C1C[C@@]2(c3ccccc3)C(=O)NC(=S)N2[C@H]1c1ccccc1. The van der Waals surface area contributed by atoms with Gasteiger partial charge in [0.05, 0.1) is 19.1 Å². The number of carbonyl (C=O) groups is 2. The van der Waals surface area contributed by atoms with Crippen molar-refractivity contribution in [3.8, 4) is 0 Å². The number of carbonyl (C=O) groups excluding carboxylic acids is 2. The molecule has 1 unspecified atom stereocenters. The largest absolute Gasteiger partial charge is 0.469 e. The van der Waals surface area contributed by atoms with Crippen LogP contribution in [0, 0.1) is 5.92 Å². The fraction of sp³-hybridized carbons (Fsp3) is 0.250. The van der Waals surface area contributed by atoms with Crippen LogP contribution in [0.15, 0.2) is 60.7 Å². The van der Waals surface area contributed by atoms with Gasteiger partial charge in [-0.1, -0.05) is 60.7 Å². The van der Waals surface area contributed by atoms with Crippen molar-refractivity contribution in [3.63, 3.8) is 0 Å². The Morgan fingerprint density at radius 3 is 2.38 bits per heavy atom. The molecule has 1 amide bonds. The van der Waals surface area contributed by atoms with Gasteiger partial charge in [0.15, 0.2) is 5.11 Å². The van der Waals surface area contributed by atoms with Gasteiger partial charge in [0, 0.05) is 0 Å². The van der Waals surface area contributed by atoms with Gasteiger partial charge >= 0.3 is 5.97 Å². The molecule has 0 bridgehead atoms. The van der Waals surface area contributed by atoms with E-state index in [-0.39, 0.29) is 17.9 Å². The highest BCUT2D eigenvalue weighted by Gasteiger charge is 2.64. The number of esters is 1. The number of thiocarbonyl (C=S) groups is 1. The summed E-state index contributed by atoms with van der Waals surface area (Å²) >= 11 is 5.50. The van der Waals surface area contributed by atoms with Crippen LogP contribution in [0.25, 0.3) is 0 Å². The minimum atomic E-state index is -1.00. The topological polar surface area (TPSA) is 58.6 Å². The molecule has 26 heavy (non-hydrogen) atoms. The molecule has 2 heterocycles. The molecular weight excluding hydrogens is 348 g/mol. The average molecular weight is 366 g/mol. The second kappa shape index (κ2) is 6.21. The Labute approximate surface area is 157 Å². The standard InChI is InChI=1S/C20H18N2O3S/c1-25-17(23)15-12-20(14-10-6-3-7-11-14)18(24)21-19(26)22(20)16(15)13-8-4-2-5-9-13/h2-11,15-16H,12H2,1H3,(H,21,24,26)/t15?,16-,20+/m0/s1. The lowest BCUT2D eigenvalue weighted by Crippen LogP contribution is -2.42. The molecule has 0 radical (unpaired) electrons. The number of methoxy groups -OCH3 is 1. The number of ether oxygens (including phenoxy) is 1. The number of hydrogen-bond acceptors (Lipinski definition) is 4. The fourth-order valence-corrected chi connectivity index (χ4v) is 4.57. The van der Waals surface area contributed by atoms with Gasteiger partial charge < -0.3 is 15.0 Å². The molecule has 2 aliphatic heterocycles. The number of hydrogen-bond donors (Lipinski definition) is 1. The van der Waals surface area contributed by atoms with Crippen molar-refractivity contribution in [2.45, 2.75) is 18.0 Å². The maximum atomic E-state index is 13.0. The van der Waals surface area contributed by atoms with E-state index in [4.69, 9.17) is 17.0 Å². The van der Waals surface area contributed by atoms with E-state index in [1.54, 1.807) is 0 Å². The van der Waals surface area contributed by atoms with Crippen molar-refractivity contribution in [2.75, 3.05) is 7.11 Å². The molecule has 5 nitrogen and oxygen atoms in total. The zero-order chi connectivity index (χ0) is 18.3. The summed E-state index contributed by atoms with van der Waals surface area (Å²) < 4.78 is 5.06. The number of nitrogens with one attached hydrogen (secondary N) is 1. The number of rotatable bonds is 3. The zero-order valence-electron chi connectivity index (χ0n) is 14.2. The van der Waals surface area contributed by atoms with Crippen molar-refractivity contribution in [1.82, 2.24) is 10.2 Å². The van der Waals surface area contributed by atoms with Crippen LogP contribution < -0.4 is 5.32 Å².